The van der Waals surface area contributed by atoms with Gasteiger partial charge in [0.15, 0.2) is 0 Å². The Kier molecular flexibility index (Phi) is 5.81. The van der Waals surface area contributed by atoms with Crippen LogP contribution in [0.1, 0.15) is 52.4 Å². The molecule has 0 aromatic heterocycles. The Balaban J connectivity index is 2.14. The summed E-state index contributed by atoms with van der Waals surface area (Å²) >= 11 is 0. The summed E-state index contributed by atoms with van der Waals surface area (Å²) < 4.78 is 0. The van der Waals surface area contributed by atoms with Crippen LogP contribution in [-0.2, 0) is 4.79 Å². The molecule has 0 spiro atoms. The lowest BCUT2D eigenvalue weighted by Gasteiger charge is -2.25. The molecule has 1 saturated carbocycles. The molecule has 1 fully saturated rings. The molecule has 1 aliphatic carbocycles. The van der Waals surface area contributed by atoms with E-state index >= 15 is 0 Å². The largest absolute Gasteiger partial charge is 0.480 e. The Labute approximate surface area is 98.6 Å². The summed E-state index contributed by atoms with van der Waals surface area (Å²) in [5, 5.41) is 11.8. The van der Waals surface area contributed by atoms with Gasteiger partial charge in [-0.3, -0.25) is 4.79 Å². The molecule has 0 aromatic carbocycles. The second-order valence-electron chi connectivity index (χ2n) is 5.31. The van der Waals surface area contributed by atoms with Crippen LogP contribution >= 0.6 is 0 Å². The number of carbonyl (C=O) groups is 1. The molecule has 2 N–H and O–H groups in total. The standard InChI is InChI=1S/C13H25NO2/c1-10(9-14-11(2)13(15)16)8-12-6-4-3-5-7-12/h10-12,14H,3-9H2,1-2H3,(H,15,16). The van der Waals surface area contributed by atoms with Crippen LogP contribution in [0.5, 0.6) is 0 Å². The molecule has 0 bridgehead atoms. The van der Waals surface area contributed by atoms with Crippen molar-refractivity contribution in [1.82, 2.24) is 5.32 Å². The number of hydrogen-bond donors (Lipinski definition) is 2. The molecule has 16 heavy (non-hydrogen) atoms. The fourth-order valence-corrected chi connectivity index (χ4v) is 2.54. The van der Waals surface area contributed by atoms with Gasteiger partial charge >= 0.3 is 5.97 Å². The van der Waals surface area contributed by atoms with Crippen LogP contribution in [0.25, 0.3) is 0 Å². The maximum Gasteiger partial charge on any atom is 0.320 e. The summed E-state index contributed by atoms with van der Waals surface area (Å²) in [6, 6.07) is -0.422. The van der Waals surface area contributed by atoms with Crippen LogP contribution in [-0.4, -0.2) is 23.7 Å². The van der Waals surface area contributed by atoms with Crippen LogP contribution in [0.4, 0.5) is 0 Å². The predicted molar refractivity (Wildman–Crippen MR) is 65.5 cm³/mol. The minimum absolute atomic E-state index is 0.422. The van der Waals surface area contributed by atoms with E-state index in [1.54, 1.807) is 6.92 Å². The normalized spacial score (nSPS) is 21.6. The molecule has 1 rings (SSSR count). The number of aliphatic carboxylic acids is 1. The molecule has 3 heteroatoms. The first-order valence-corrected chi connectivity index (χ1v) is 6.55. The molecule has 94 valence electrons. The van der Waals surface area contributed by atoms with E-state index in [0.717, 1.165) is 12.5 Å². The molecule has 0 heterocycles. The Morgan fingerprint density at radius 1 is 1.31 bits per heavy atom. The number of carboxylic acids is 1. The average Bonchev–Trinajstić information content (AvgIpc) is 2.27. The van der Waals surface area contributed by atoms with Crippen LogP contribution < -0.4 is 5.32 Å². The van der Waals surface area contributed by atoms with E-state index in [1.165, 1.54) is 38.5 Å². The van der Waals surface area contributed by atoms with Crippen molar-refractivity contribution >= 4 is 5.97 Å². The van der Waals surface area contributed by atoms with Crippen LogP contribution in [0, 0.1) is 11.8 Å². The molecular formula is C13H25NO2. The third kappa shape index (κ3) is 4.97. The number of hydrogen-bond acceptors (Lipinski definition) is 2. The number of nitrogens with one attached hydrogen (secondary N) is 1. The molecule has 2 atom stereocenters. The van der Waals surface area contributed by atoms with Gasteiger partial charge in [-0.15, -0.1) is 0 Å². The van der Waals surface area contributed by atoms with Gasteiger partial charge in [0.2, 0.25) is 0 Å². The molecule has 0 aromatic rings. The maximum atomic E-state index is 10.6. The minimum Gasteiger partial charge on any atom is -0.480 e. The van der Waals surface area contributed by atoms with Crippen LogP contribution in [0.2, 0.25) is 0 Å². The van der Waals surface area contributed by atoms with Gasteiger partial charge in [0, 0.05) is 0 Å². The third-order valence-electron chi connectivity index (χ3n) is 3.60. The van der Waals surface area contributed by atoms with Crippen molar-refractivity contribution in [2.75, 3.05) is 6.54 Å². The molecule has 0 radical (unpaired) electrons. The van der Waals surface area contributed by atoms with Crippen molar-refractivity contribution in [1.29, 1.82) is 0 Å². The second-order valence-corrected chi connectivity index (χ2v) is 5.31. The molecule has 1 aliphatic rings. The summed E-state index contributed by atoms with van der Waals surface area (Å²) in [5.74, 6) is 0.709. The monoisotopic (exact) mass is 227 g/mol. The first-order chi connectivity index (χ1) is 7.59. The third-order valence-corrected chi connectivity index (χ3v) is 3.60. The van der Waals surface area contributed by atoms with E-state index in [-0.39, 0.29) is 0 Å². The highest BCUT2D eigenvalue weighted by Crippen LogP contribution is 2.28. The second kappa shape index (κ2) is 6.89. The Bertz CT molecular complexity index is 212. The number of carboxylic acid groups (broad SMARTS) is 1. The first kappa shape index (κ1) is 13.5. The van der Waals surface area contributed by atoms with Gasteiger partial charge in [0.1, 0.15) is 6.04 Å². The van der Waals surface area contributed by atoms with Gasteiger partial charge in [0.05, 0.1) is 0 Å². The molecule has 0 saturated heterocycles. The van der Waals surface area contributed by atoms with Crippen molar-refractivity contribution in [2.24, 2.45) is 11.8 Å². The highest BCUT2D eigenvalue weighted by atomic mass is 16.4. The number of rotatable bonds is 6. The first-order valence-electron chi connectivity index (χ1n) is 6.55. The Hall–Kier alpha value is -0.570. The average molecular weight is 227 g/mol. The van der Waals surface area contributed by atoms with Gasteiger partial charge in [-0.1, -0.05) is 39.0 Å². The fourth-order valence-electron chi connectivity index (χ4n) is 2.54. The summed E-state index contributed by atoms with van der Waals surface area (Å²) in [7, 11) is 0. The van der Waals surface area contributed by atoms with Crippen molar-refractivity contribution in [2.45, 2.75) is 58.4 Å². The lowest BCUT2D eigenvalue weighted by molar-refractivity contribution is -0.139. The minimum atomic E-state index is -0.759. The zero-order chi connectivity index (χ0) is 12.0. The quantitative estimate of drug-likeness (QED) is 0.733. The molecule has 0 aliphatic heterocycles. The zero-order valence-corrected chi connectivity index (χ0v) is 10.5. The van der Waals surface area contributed by atoms with Crippen molar-refractivity contribution in [3.63, 3.8) is 0 Å². The van der Waals surface area contributed by atoms with E-state index in [0.29, 0.717) is 5.92 Å². The van der Waals surface area contributed by atoms with Crippen molar-refractivity contribution in [3.05, 3.63) is 0 Å². The lowest BCUT2D eigenvalue weighted by atomic mass is 9.83. The SMILES string of the molecule is CC(CNC(C)C(=O)O)CC1CCCCC1. The molecular weight excluding hydrogens is 202 g/mol. The van der Waals surface area contributed by atoms with Gasteiger partial charge in [-0.05, 0) is 31.7 Å². The van der Waals surface area contributed by atoms with E-state index in [1.807, 2.05) is 0 Å². The smallest absolute Gasteiger partial charge is 0.320 e. The Morgan fingerprint density at radius 2 is 1.94 bits per heavy atom. The highest BCUT2D eigenvalue weighted by molar-refractivity contribution is 5.72. The van der Waals surface area contributed by atoms with Gasteiger partial charge < -0.3 is 10.4 Å². The van der Waals surface area contributed by atoms with E-state index in [2.05, 4.69) is 12.2 Å². The lowest BCUT2D eigenvalue weighted by Crippen LogP contribution is -2.36. The van der Waals surface area contributed by atoms with Crippen molar-refractivity contribution < 1.29 is 9.90 Å². The topological polar surface area (TPSA) is 49.3 Å². The van der Waals surface area contributed by atoms with Crippen molar-refractivity contribution in [3.8, 4) is 0 Å². The highest BCUT2D eigenvalue weighted by Gasteiger charge is 2.17. The maximum absolute atomic E-state index is 10.6. The van der Waals surface area contributed by atoms with Crippen LogP contribution in [0.3, 0.4) is 0 Å². The Morgan fingerprint density at radius 3 is 2.50 bits per heavy atom. The van der Waals surface area contributed by atoms with Crippen LogP contribution in [0.15, 0.2) is 0 Å². The summed E-state index contributed by atoms with van der Waals surface area (Å²) in [4.78, 5) is 10.6. The fraction of sp³-hybridized carbons (Fsp3) is 0.923. The van der Waals surface area contributed by atoms with Gasteiger partial charge in [-0.2, -0.15) is 0 Å². The van der Waals surface area contributed by atoms with Gasteiger partial charge in [-0.25, -0.2) is 0 Å². The predicted octanol–water partition coefficient (Wildman–Crippen LogP) is 2.66. The molecule has 3 nitrogen and oxygen atoms in total. The molecule has 2 unspecified atom stereocenters. The summed E-state index contributed by atoms with van der Waals surface area (Å²) in [5.41, 5.74) is 0. The zero-order valence-electron chi connectivity index (χ0n) is 10.5. The van der Waals surface area contributed by atoms with E-state index in [9.17, 15) is 4.79 Å². The van der Waals surface area contributed by atoms with E-state index < -0.39 is 12.0 Å². The van der Waals surface area contributed by atoms with E-state index in [4.69, 9.17) is 5.11 Å². The summed E-state index contributed by atoms with van der Waals surface area (Å²) in [6.07, 6.45) is 8.17. The summed E-state index contributed by atoms with van der Waals surface area (Å²) in [6.45, 7) is 4.75. The van der Waals surface area contributed by atoms with Gasteiger partial charge in [0.25, 0.3) is 0 Å². The molecule has 0 amide bonds.